The molecule has 4 heterocycles. The molecule has 140 valence electrons. The van der Waals surface area contributed by atoms with Gasteiger partial charge in [-0.2, -0.15) is 0 Å². The van der Waals surface area contributed by atoms with Crippen molar-refractivity contribution in [2.75, 3.05) is 32.0 Å². The fraction of sp³-hybridized carbons (Fsp3) is 0.556. The highest BCUT2D eigenvalue weighted by molar-refractivity contribution is 6.33. The van der Waals surface area contributed by atoms with Gasteiger partial charge in [0.1, 0.15) is 11.5 Å². The third-order valence-corrected chi connectivity index (χ3v) is 5.70. The topological polar surface area (TPSA) is 85.4 Å². The second-order valence-electron chi connectivity index (χ2n) is 7.03. The summed E-state index contributed by atoms with van der Waals surface area (Å²) in [4.78, 5) is 18.9. The number of hydrogen-bond donors (Lipinski definition) is 2. The quantitative estimate of drug-likeness (QED) is 0.774. The molecular weight excluding hydrogens is 354 g/mol. The van der Waals surface area contributed by atoms with E-state index in [0.29, 0.717) is 56.2 Å². The molecule has 7 nitrogen and oxygen atoms in total. The van der Waals surface area contributed by atoms with Gasteiger partial charge >= 0.3 is 0 Å². The number of halogens is 1. The Morgan fingerprint density at radius 2 is 2.31 bits per heavy atom. The number of nitrogens with one attached hydrogen (secondary N) is 1. The Balaban J connectivity index is 1.42. The summed E-state index contributed by atoms with van der Waals surface area (Å²) in [5, 5.41) is 4.76. The van der Waals surface area contributed by atoms with Crippen LogP contribution in [-0.2, 0) is 22.6 Å². The third-order valence-electron chi connectivity index (χ3n) is 5.39. The van der Waals surface area contributed by atoms with Crippen molar-refractivity contribution in [2.45, 2.75) is 38.9 Å². The number of nitrogens with zero attached hydrogens (tertiary/aromatic N) is 3. The average Bonchev–Trinajstić information content (AvgIpc) is 2.85. The molecule has 2 aromatic rings. The van der Waals surface area contributed by atoms with Crippen LogP contribution in [0.4, 0.5) is 5.82 Å². The van der Waals surface area contributed by atoms with E-state index in [1.807, 2.05) is 17.9 Å². The highest BCUT2D eigenvalue weighted by Crippen LogP contribution is 2.31. The van der Waals surface area contributed by atoms with Gasteiger partial charge in [0.15, 0.2) is 0 Å². The number of ether oxygens (including phenoxy) is 1. The summed E-state index contributed by atoms with van der Waals surface area (Å²) in [6.45, 7) is 6.25. The Morgan fingerprint density at radius 3 is 3.04 bits per heavy atom. The number of aromatic nitrogens is 2. The Morgan fingerprint density at radius 1 is 1.50 bits per heavy atom. The van der Waals surface area contributed by atoms with Gasteiger partial charge < -0.3 is 25.3 Å². The molecule has 0 aromatic carbocycles. The molecule has 1 atom stereocenters. The predicted octanol–water partition coefficient (Wildman–Crippen LogP) is 1.69. The van der Waals surface area contributed by atoms with Crippen LogP contribution in [0.5, 0.6) is 0 Å². The number of hydrogen-bond acceptors (Lipinski definition) is 5. The van der Waals surface area contributed by atoms with Gasteiger partial charge in [-0.1, -0.05) is 11.6 Å². The molecule has 0 radical (unpaired) electrons. The number of aryl methyl sites for hydroxylation is 1. The Hall–Kier alpha value is -1.83. The lowest BCUT2D eigenvalue weighted by Gasteiger charge is -2.30. The standard InChI is InChI=1S/C18H24ClN5O2/c1-11-13-8-14(19)17(20)22-18(13)24-6-5-23(9-15(11)24)16(25)3-7-26-10-12-2-4-21-12/h8,12,21H,2-7,9-10H2,1H3,(H2,20,22). The van der Waals surface area contributed by atoms with Gasteiger partial charge in [-0.15, -0.1) is 0 Å². The van der Waals surface area contributed by atoms with E-state index < -0.39 is 0 Å². The van der Waals surface area contributed by atoms with E-state index in [-0.39, 0.29) is 5.91 Å². The lowest BCUT2D eigenvalue weighted by atomic mass is 10.1. The molecule has 2 aliphatic rings. The molecule has 0 spiro atoms. The van der Waals surface area contributed by atoms with Gasteiger partial charge in [0.2, 0.25) is 5.91 Å². The van der Waals surface area contributed by atoms with Gasteiger partial charge in [-0.05, 0) is 31.5 Å². The maximum Gasteiger partial charge on any atom is 0.225 e. The van der Waals surface area contributed by atoms with Gasteiger partial charge in [-0.25, -0.2) is 4.98 Å². The van der Waals surface area contributed by atoms with Crippen molar-refractivity contribution in [3.8, 4) is 0 Å². The zero-order valence-electron chi connectivity index (χ0n) is 14.9. The number of nitrogens with two attached hydrogens (primary N) is 1. The summed E-state index contributed by atoms with van der Waals surface area (Å²) in [7, 11) is 0. The maximum absolute atomic E-state index is 12.5. The zero-order chi connectivity index (χ0) is 18.3. The molecule has 0 saturated carbocycles. The van der Waals surface area contributed by atoms with Crippen LogP contribution in [0, 0.1) is 6.92 Å². The molecule has 0 bridgehead atoms. The van der Waals surface area contributed by atoms with Crippen LogP contribution in [-0.4, -0.2) is 52.7 Å². The van der Waals surface area contributed by atoms with Gasteiger partial charge in [0.05, 0.1) is 31.2 Å². The van der Waals surface area contributed by atoms with E-state index >= 15 is 0 Å². The van der Waals surface area contributed by atoms with Crippen molar-refractivity contribution >= 4 is 34.4 Å². The molecule has 1 fully saturated rings. The summed E-state index contributed by atoms with van der Waals surface area (Å²) in [6, 6.07) is 2.33. The molecule has 2 aromatic heterocycles. The Kier molecular flexibility index (Phi) is 4.77. The van der Waals surface area contributed by atoms with Crippen LogP contribution in [0.25, 0.3) is 11.0 Å². The molecule has 1 amide bonds. The summed E-state index contributed by atoms with van der Waals surface area (Å²) in [5.74, 6) is 0.476. The van der Waals surface area contributed by atoms with E-state index in [4.69, 9.17) is 22.1 Å². The SMILES string of the molecule is Cc1c2n(c3nc(N)c(Cl)cc13)CCN(C(=O)CCOCC1CCN1)C2. The smallest absolute Gasteiger partial charge is 0.225 e. The van der Waals surface area contributed by atoms with Crippen LogP contribution in [0.15, 0.2) is 6.07 Å². The highest BCUT2D eigenvalue weighted by atomic mass is 35.5. The number of carbonyl (C=O) groups excluding carboxylic acids is 1. The Labute approximate surface area is 157 Å². The first-order valence-corrected chi connectivity index (χ1v) is 9.45. The fourth-order valence-electron chi connectivity index (χ4n) is 3.63. The minimum absolute atomic E-state index is 0.132. The molecule has 1 unspecified atom stereocenters. The van der Waals surface area contributed by atoms with Crippen molar-refractivity contribution in [3.63, 3.8) is 0 Å². The van der Waals surface area contributed by atoms with Crippen LogP contribution >= 0.6 is 11.6 Å². The van der Waals surface area contributed by atoms with Crippen molar-refractivity contribution in [3.05, 3.63) is 22.3 Å². The molecule has 8 heteroatoms. The van der Waals surface area contributed by atoms with E-state index in [0.717, 1.165) is 35.3 Å². The summed E-state index contributed by atoms with van der Waals surface area (Å²) >= 11 is 6.13. The summed E-state index contributed by atoms with van der Waals surface area (Å²) in [5.41, 5.74) is 8.93. The minimum Gasteiger partial charge on any atom is -0.382 e. The van der Waals surface area contributed by atoms with E-state index in [1.165, 1.54) is 0 Å². The van der Waals surface area contributed by atoms with Crippen molar-refractivity contribution in [1.82, 2.24) is 19.8 Å². The van der Waals surface area contributed by atoms with Crippen LogP contribution in [0.2, 0.25) is 5.02 Å². The second kappa shape index (κ2) is 7.06. The number of anilines is 1. The number of pyridine rings is 1. The number of rotatable bonds is 5. The summed E-state index contributed by atoms with van der Waals surface area (Å²) in [6.07, 6.45) is 1.58. The van der Waals surface area contributed by atoms with Gasteiger partial charge in [0.25, 0.3) is 0 Å². The molecule has 26 heavy (non-hydrogen) atoms. The van der Waals surface area contributed by atoms with Crippen LogP contribution in [0.1, 0.15) is 24.1 Å². The van der Waals surface area contributed by atoms with Crippen molar-refractivity contribution in [2.24, 2.45) is 0 Å². The average molecular weight is 378 g/mol. The van der Waals surface area contributed by atoms with Crippen LogP contribution < -0.4 is 11.1 Å². The molecule has 4 rings (SSSR count). The third kappa shape index (κ3) is 3.15. The number of amides is 1. The van der Waals surface area contributed by atoms with Crippen LogP contribution in [0.3, 0.4) is 0 Å². The highest BCUT2D eigenvalue weighted by Gasteiger charge is 2.26. The lowest BCUT2D eigenvalue weighted by molar-refractivity contribution is -0.133. The van der Waals surface area contributed by atoms with E-state index in [2.05, 4.69) is 14.9 Å². The molecular formula is C18H24ClN5O2. The fourth-order valence-corrected chi connectivity index (χ4v) is 3.78. The van der Waals surface area contributed by atoms with Crippen molar-refractivity contribution in [1.29, 1.82) is 0 Å². The van der Waals surface area contributed by atoms with Crippen molar-refractivity contribution < 1.29 is 9.53 Å². The first-order valence-electron chi connectivity index (χ1n) is 9.07. The molecule has 1 saturated heterocycles. The van der Waals surface area contributed by atoms with Gasteiger partial charge in [-0.3, -0.25) is 4.79 Å². The number of fused-ring (bicyclic) bond motifs is 3. The lowest BCUT2D eigenvalue weighted by Crippen LogP contribution is -2.46. The predicted molar refractivity (Wildman–Crippen MR) is 101 cm³/mol. The first-order chi connectivity index (χ1) is 12.5. The second-order valence-corrected chi connectivity index (χ2v) is 7.44. The van der Waals surface area contributed by atoms with Gasteiger partial charge in [0, 0.05) is 30.2 Å². The largest absolute Gasteiger partial charge is 0.382 e. The number of nitrogen functional groups attached to an aromatic ring is 1. The number of carbonyl (C=O) groups is 1. The molecule has 3 N–H and O–H groups in total. The maximum atomic E-state index is 12.5. The molecule has 2 aliphatic heterocycles. The molecule has 0 aliphatic carbocycles. The van der Waals surface area contributed by atoms with E-state index in [1.54, 1.807) is 0 Å². The Bertz CT molecular complexity index is 846. The normalized spacial score (nSPS) is 19.5. The summed E-state index contributed by atoms with van der Waals surface area (Å²) < 4.78 is 7.77. The van der Waals surface area contributed by atoms with E-state index in [9.17, 15) is 4.79 Å². The zero-order valence-corrected chi connectivity index (χ0v) is 15.7. The minimum atomic E-state index is 0.132. The first kappa shape index (κ1) is 17.6. The monoisotopic (exact) mass is 377 g/mol.